The van der Waals surface area contributed by atoms with E-state index in [1.165, 1.54) is 33.0 Å². The summed E-state index contributed by atoms with van der Waals surface area (Å²) < 4.78 is 0. The quantitative estimate of drug-likeness (QED) is 0.169. The molecule has 0 saturated carbocycles. The summed E-state index contributed by atoms with van der Waals surface area (Å²) in [6.45, 7) is 0. The van der Waals surface area contributed by atoms with Gasteiger partial charge >= 0.3 is 0 Å². The molecule has 250 valence electrons. The fourth-order valence-corrected chi connectivity index (χ4v) is 8.15. The summed E-state index contributed by atoms with van der Waals surface area (Å²) in [5, 5.41) is 4.68. The molecule has 10 aromatic rings. The van der Waals surface area contributed by atoms with Crippen LogP contribution in [0.1, 0.15) is 0 Å². The maximum atomic E-state index is 5.34. The number of benzene rings is 7. The lowest BCUT2D eigenvalue weighted by Gasteiger charge is -2.12. The highest BCUT2D eigenvalue weighted by Gasteiger charge is 2.22. The van der Waals surface area contributed by atoms with Crippen LogP contribution in [-0.2, 0) is 0 Å². The van der Waals surface area contributed by atoms with Gasteiger partial charge in [0.25, 0.3) is 0 Å². The Morgan fingerprint density at radius 1 is 0.259 bits per heavy atom. The Balaban J connectivity index is 0.989. The molecule has 0 fully saturated rings. The van der Waals surface area contributed by atoms with Crippen LogP contribution in [0.5, 0.6) is 0 Å². The smallest absolute Gasteiger partial charge is 0.0972 e. The van der Waals surface area contributed by atoms with E-state index in [1.807, 2.05) is 12.1 Å². The largest absolute Gasteiger partial charge is 0.248 e. The first-order valence-electron chi connectivity index (χ1n) is 18.4. The molecule has 1 aliphatic rings. The minimum absolute atomic E-state index is 0.906. The summed E-state index contributed by atoms with van der Waals surface area (Å²) in [7, 11) is 0. The Labute approximate surface area is 312 Å². The van der Waals surface area contributed by atoms with E-state index < -0.39 is 0 Å². The second-order valence-electron chi connectivity index (χ2n) is 14.0. The fraction of sp³-hybridized carbons (Fsp3) is 0. The zero-order valence-corrected chi connectivity index (χ0v) is 29.2. The molecular weight excluding hydrogens is 655 g/mol. The minimum Gasteiger partial charge on any atom is -0.248 e. The number of hydrogen-bond donors (Lipinski definition) is 0. The molecule has 0 saturated heterocycles. The molecule has 0 bridgehead atoms. The average Bonchev–Trinajstić information content (AvgIpc) is 3.58. The third-order valence-corrected chi connectivity index (χ3v) is 10.8. The van der Waals surface area contributed by atoms with Crippen LogP contribution in [0, 0.1) is 0 Å². The third-order valence-electron chi connectivity index (χ3n) is 10.8. The molecule has 3 nitrogen and oxygen atoms in total. The van der Waals surface area contributed by atoms with E-state index in [0.717, 1.165) is 78.0 Å². The molecule has 11 rings (SSSR count). The van der Waals surface area contributed by atoms with Gasteiger partial charge in [0.2, 0.25) is 0 Å². The van der Waals surface area contributed by atoms with E-state index in [-0.39, 0.29) is 0 Å². The predicted octanol–water partition coefficient (Wildman–Crippen LogP) is 13.3. The molecule has 3 aromatic heterocycles. The summed E-state index contributed by atoms with van der Waals surface area (Å²) in [5.74, 6) is 0. The molecule has 1 aliphatic carbocycles. The summed E-state index contributed by atoms with van der Waals surface area (Å²) in [6, 6.07) is 66.6. The molecule has 0 amide bonds. The van der Waals surface area contributed by atoms with Gasteiger partial charge in [-0.2, -0.15) is 0 Å². The minimum atomic E-state index is 0.906. The lowest BCUT2D eigenvalue weighted by atomic mass is 9.96. The normalized spacial score (nSPS) is 11.7. The first-order valence-corrected chi connectivity index (χ1v) is 18.4. The van der Waals surface area contributed by atoms with Crippen molar-refractivity contribution in [3.8, 4) is 78.4 Å². The van der Waals surface area contributed by atoms with Crippen LogP contribution >= 0.6 is 0 Å². The van der Waals surface area contributed by atoms with Crippen LogP contribution in [0.25, 0.3) is 111 Å². The number of pyridine rings is 3. The van der Waals surface area contributed by atoms with E-state index in [9.17, 15) is 0 Å². The van der Waals surface area contributed by atoms with Gasteiger partial charge in [-0.1, -0.05) is 164 Å². The topological polar surface area (TPSA) is 38.7 Å². The highest BCUT2D eigenvalue weighted by atomic mass is 14.8. The second kappa shape index (κ2) is 12.2. The van der Waals surface area contributed by atoms with Crippen molar-refractivity contribution in [1.29, 1.82) is 0 Å². The molecule has 3 heterocycles. The van der Waals surface area contributed by atoms with Crippen LogP contribution < -0.4 is 0 Å². The third kappa shape index (κ3) is 4.94. The summed E-state index contributed by atoms with van der Waals surface area (Å²) >= 11 is 0. The zero-order valence-electron chi connectivity index (χ0n) is 29.2. The maximum absolute atomic E-state index is 5.34. The van der Waals surface area contributed by atoms with Gasteiger partial charge < -0.3 is 0 Å². The monoisotopic (exact) mass is 685 g/mol. The first-order chi connectivity index (χ1) is 26.7. The molecular formula is C51H31N3. The van der Waals surface area contributed by atoms with Gasteiger partial charge in [-0.15, -0.1) is 0 Å². The standard InChI is InChI=1S/C51H31N3/c1-3-10-33(11-4-1)47-30-38(31-48(52-47)34-12-5-2-6-13-34)32-18-20-35(21-19-32)45-28-24-36-22-23-37-25-29-46(54-51(37)50(36)53-45)41-26-27-44-40-15-8-7-14-39(40)42-16-9-17-43(41)49(42)44/h1-31H. The van der Waals surface area contributed by atoms with Gasteiger partial charge in [-0.25, -0.2) is 15.0 Å². The van der Waals surface area contributed by atoms with Gasteiger partial charge in [0.05, 0.1) is 33.8 Å². The van der Waals surface area contributed by atoms with Gasteiger partial charge in [0.1, 0.15) is 0 Å². The highest BCUT2D eigenvalue weighted by molar-refractivity contribution is 6.18. The number of rotatable bonds is 5. The highest BCUT2D eigenvalue weighted by Crippen LogP contribution is 2.49. The van der Waals surface area contributed by atoms with E-state index in [2.05, 4.69) is 176 Å². The van der Waals surface area contributed by atoms with Gasteiger partial charge in [0.15, 0.2) is 0 Å². The van der Waals surface area contributed by atoms with Crippen molar-refractivity contribution >= 4 is 32.6 Å². The van der Waals surface area contributed by atoms with Crippen LogP contribution in [0.4, 0.5) is 0 Å². The molecule has 0 aliphatic heterocycles. The van der Waals surface area contributed by atoms with Crippen molar-refractivity contribution in [2.75, 3.05) is 0 Å². The predicted molar refractivity (Wildman–Crippen MR) is 224 cm³/mol. The van der Waals surface area contributed by atoms with Crippen molar-refractivity contribution in [3.05, 3.63) is 188 Å². The lowest BCUT2D eigenvalue weighted by Crippen LogP contribution is -1.92. The average molecular weight is 686 g/mol. The van der Waals surface area contributed by atoms with E-state index in [0.29, 0.717) is 0 Å². The van der Waals surface area contributed by atoms with Crippen molar-refractivity contribution in [2.45, 2.75) is 0 Å². The van der Waals surface area contributed by atoms with Crippen molar-refractivity contribution in [1.82, 2.24) is 15.0 Å². The van der Waals surface area contributed by atoms with Crippen LogP contribution in [-0.4, -0.2) is 15.0 Å². The van der Waals surface area contributed by atoms with E-state index in [4.69, 9.17) is 15.0 Å². The first kappa shape index (κ1) is 30.4. The van der Waals surface area contributed by atoms with E-state index >= 15 is 0 Å². The van der Waals surface area contributed by atoms with Crippen molar-refractivity contribution < 1.29 is 0 Å². The molecule has 3 heteroatoms. The molecule has 54 heavy (non-hydrogen) atoms. The van der Waals surface area contributed by atoms with Crippen LogP contribution in [0.2, 0.25) is 0 Å². The van der Waals surface area contributed by atoms with Gasteiger partial charge in [0, 0.05) is 33.0 Å². The number of aromatic nitrogens is 3. The molecule has 7 aromatic carbocycles. The molecule has 0 atom stereocenters. The number of fused-ring (bicyclic) bond motifs is 6. The van der Waals surface area contributed by atoms with Crippen LogP contribution in [0.3, 0.4) is 0 Å². The Hall–Kier alpha value is -7.23. The van der Waals surface area contributed by atoms with Crippen molar-refractivity contribution in [3.63, 3.8) is 0 Å². The number of hydrogen-bond acceptors (Lipinski definition) is 3. The Morgan fingerprint density at radius 2 is 0.741 bits per heavy atom. The summed E-state index contributed by atoms with van der Waals surface area (Å²) in [5.41, 5.74) is 17.4. The van der Waals surface area contributed by atoms with Gasteiger partial charge in [-0.3, -0.25) is 0 Å². The fourth-order valence-electron chi connectivity index (χ4n) is 8.15. The maximum Gasteiger partial charge on any atom is 0.0972 e. The van der Waals surface area contributed by atoms with E-state index in [1.54, 1.807) is 0 Å². The zero-order chi connectivity index (χ0) is 35.6. The molecule has 0 spiro atoms. The molecule has 0 unspecified atom stereocenters. The Morgan fingerprint density at radius 3 is 1.39 bits per heavy atom. The Bertz CT molecular complexity index is 2990. The summed E-state index contributed by atoms with van der Waals surface area (Å²) in [4.78, 5) is 15.7. The summed E-state index contributed by atoms with van der Waals surface area (Å²) in [6.07, 6.45) is 0. The Kier molecular flexibility index (Phi) is 6.86. The second-order valence-corrected chi connectivity index (χ2v) is 14.0. The SMILES string of the molecule is c1ccc(-c2cc(-c3ccc(-c4ccc5ccc6ccc(-c7ccc8c9c(cccc79)-c7ccccc7-8)nc6c5n4)cc3)cc(-c3ccccc3)n2)cc1. The van der Waals surface area contributed by atoms with Crippen molar-refractivity contribution in [2.24, 2.45) is 0 Å². The number of nitrogens with zero attached hydrogens (tertiary/aromatic N) is 3. The molecule has 0 radical (unpaired) electrons. The van der Waals surface area contributed by atoms with Gasteiger partial charge in [-0.05, 0) is 68.4 Å². The molecule has 0 N–H and O–H groups in total. The lowest BCUT2D eigenvalue weighted by molar-refractivity contribution is 1.32. The van der Waals surface area contributed by atoms with Crippen LogP contribution in [0.15, 0.2) is 188 Å².